The number of hydrogen-bond donors (Lipinski definition) is 1. The summed E-state index contributed by atoms with van der Waals surface area (Å²) >= 11 is 0. The SMILES string of the molecule is CCN(C)C(=O)Nc1ccnn1C(C)C. The van der Waals surface area contributed by atoms with Gasteiger partial charge in [-0.3, -0.25) is 5.32 Å². The highest BCUT2D eigenvalue weighted by Crippen LogP contribution is 2.13. The molecule has 0 unspecified atom stereocenters. The molecule has 84 valence electrons. The molecule has 0 aliphatic rings. The molecule has 0 spiro atoms. The molecule has 0 saturated heterocycles. The molecule has 0 aromatic carbocycles. The molecule has 0 bridgehead atoms. The monoisotopic (exact) mass is 210 g/mol. The maximum Gasteiger partial charge on any atom is 0.322 e. The van der Waals surface area contributed by atoms with Gasteiger partial charge in [0, 0.05) is 25.7 Å². The van der Waals surface area contributed by atoms with Crippen molar-refractivity contribution >= 4 is 11.8 Å². The molecule has 2 amide bonds. The Kier molecular flexibility index (Phi) is 3.71. The van der Waals surface area contributed by atoms with Crippen LogP contribution in [0.25, 0.3) is 0 Å². The van der Waals surface area contributed by atoms with Gasteiger partial charge in [0.2, 0.25) is 0 Å². The summed E-state index contributed by atoms with van der Waals surface area (Å²) < 4.78 is 1.78. The lowest BCUT2D eigenvalue weighted by molar-refractivity contribution is 0.224. The minimum absolute atomic E-state index is 0.111. The zero-order valence-electron chi connectivity index (χ0n) is 9.69. The van der Waals surface area contributed by atoms with Gasteiger partial charge < -0.3 is 4.90 Å². The van der Waals surface area contributed by atoms with Crippen molar-refractivity contribution < 1.29 is 4.79 Å². The van der Waals surface area contributed by atoms with Crippen molar-refractivity contribution in [2.75, 3.05) is 18.9 Å². The number of rotatable bonds is 3. The van der Waals surface area contributed by atoms with Crippen LogP contribution in [0.1, 0.15) is 26.8 Å². The summed E-state index contributed by atoms with van der Waals surface area (Å²) in [4.78, 5) is 13.2. The second kappa shape index (κ2) is 4.82. The molecule has 5 heteroatoms. The number of hydrogen-bond acceptors (Lipinski definition) is 2. The predicted molar refractivity (Wildman–Crippen MR) is 59.9 cm³/mol. The average Bonchev–Trinajstić information content (AvgIpc) is 2.64. The maximum atomic E-state index is 11.6. The number of carbonyl (C=O) groups is 1. The summed E-state index contributed by atoms with van der Waals surface area (Å²) in [5.74, 6) is 0.732. The Morgan fingerprint density at radius 1 is 1.67 bits per heavy atom. The fraction of sp³-hybridized carbons (Fsp3) is 0.600. The van der Waals surface area contributed by atoms with Gasteiger partial charge in [-0.1, -0.05) is 0 Å². The Hall–Kier alpha value is -1.52. The third-order valence-corrected chi connectivity index (χ3v) is 2.22. The van der Waals surface area contributed by atoms with Gasteiger partial charge in [0.25, 0.3) is 0 Å². The Morgan fingerprint density at radius 2 is 2.33 bits per heavy atom. The van der Waals surface area contributed by atoms with Crippen LogP contribution >= 0.6 is 0 Å². The number of anilines is 1. The van der Waals surface area contributed by atoms with Crippen LogP contribution in [-0.2, 0) is 0 Å². The van der Waals surface area contributed by atoms with Crippen LogP contribution in [0.15, 0.2) is 12.3 Å². The number of aromatic nitrogens is 2. The van der Waals surface area contributed by atoms with Crippen molar-refractivity contribution in [1.82, 2.24) is 14.7 Å². The number of amides is 2. The third kappa shape index (κ3) is 2.71. The van der Waals surface area contributed by atoms with E-state index >= 15 is 0 Å². The van der Waals surface area contributed by atoms with Gasteiger partial charge in [0.1, 0.15) is 5.82 Å². The highest BCUT2D eigenvalue weighted by Gasteiger charge is 2.11. The molecule has 0 fully saturated rings. The zero-order valence-corrected chi connectivity index (χ0v) is 9.69. The van der Waals surface area contributed by atoms with Gasteiger partial charge in [-0.2, -0.15) is 5.10 Å². The maximum absolute atomic E-state index is 11.6. The van der Waals surface area contributed by atoms with E-state index in [1.54, 1.807) is 28.9 Å². The summed E-state index contributed by atoms with van der Waals surface area (Å²) in [6.45, 7) is 6.65. The molecular formula is C10H18N4O. The third-order valence-electron chi connectivity index (χ3n) is 2.22. The van der Waals surface area contributed by atoms with Crippen LogP contribution in [0, 0.1) is 0 Å². The molecule has 0 aliphatic heterocycles. The van der Waals surface area contributed by atoms with E-state index in [0.717, 1.165) is 5.82 Å². The topological polar surface area (TPSA) is 50.2 Å². The highest BCUT2D eigenvalue weighted by atomic mass is 16.2. The van der Waals surface area contributed by atoms with Crippen molar-refractivity contribution in [1.29, 1.82) is 0 Å². The van der Waals surface area contributed by atoms with Crippen LogP contribution in [-0.4, -0.2) is 34.3 Å². The molecule has 1 rings (SSSR count). The van der Waals surface area contributed by atoms with Gasteiger partial charge in [-0.25, -0.2) is 9.48 Å². The van der Waals surface area contributed by atoms with Gasteiger partial charge >= 0.3 is 6.03 Å². The average molecular weight is 210 g/mol. The Balaban J connectivity index is 2.72. The normalized spacial score (nSPS) is 10.5. The molecular weight excluding hydrogens is 192 g/mol. The molecule has 1 aromatic rings. The van der Waals surface area contributed by atoms with E-state index < -0.39 is 0 Å². The molecule has 1 aromatic heterocycles. The molecule has 1 N–H and O–H groups in total. The Morgan fingerprint density at radius 3 is 2.87 bits per heavy atom. The minimum Gasteiger partial charge on any atom is -0.328 e. The molecule has 5 nitrogen and oxygen atoms in total. The van der Waals surface area contributed by atoms with Crippen LogP contribution in [0.3, 0.4) is 0 Å². The fourth-order valence-corrected chi connectivity index (χ4v) is 1.17. The predicted octanol–water partition coefficient (Wildman–Crippen LogP) is 1.95. The van der Waals surface area contributed by atoms with Gasteiger partial charge in [0.15, 0.2) is 0 Å². The lowest BCUT2D eigenvalue weighted by atomic mass is 10.4. The summed E-state index contributed by atoms with van der Waals surface area (Å²) in [5, 5.41) is 6.95. The number of nitrogens with zero attached hydrogens (tertiary/aromatic N) is 3. The Labute approximate surface area is 90.1 Å². The van der Waals surface area contributed by atoms with E-state index in [4.69, 9.17) is 0 Å². The van der Waals surface area contributed by atoms with Crippen molar-refractivity contribution in [3.05, 3.63) is 12.3 Å². The summed E-state index contributed by atoms with van der Waals surface area (Å²) in [6, 6.07) is 1.92. The molecule has 0 atom stereocenters. The van der Waals surface area contributed by atoms with Crippen LogP contribution < -0.4 is 5.32 Å². The Bertz CT molecular complexity index is 332. The van der Waals surface area contributed by atoms with E-state index in [-0.39, 0.29) is 12.1 Å². The molecule has 0 aliphatic carbocycles. The quantitative estimate of drug-likeness (QED) is 0.829. The summed E-state index contributed by atoms with van der Waals surface area (Å²) in [5.41, 5.74) is 0. The van der Waals surface area contributed by atoms with E-state index in [1.165, 1.54) is 0 Å². The van der Waals surface area contributed by atoms with Crippen molar-refractivity contribution in [2.24, 2.45) is 0 Å². The smallest absolute Gasteiger partial charge is 0.322 e. The van der Waals surface area contributed by atoms with Crippen molar-refractivity contribution in [3.63, 3.8) is 0 Å². The minimum atomic E-state index is -0.111. The van der Waals surface area contributed by atoms with Crippen LogP contribution in [0.5, 0.6) is 0 Å². The molecule has 0 radical (unpaired) electrons. The summed E-state index contributed by atoms with van der Waals surface area (Å²) in [7, 11) is 1.76. The number of nitrogens with one attached hydrogen (secondary N) is 1. The second-order valence-corrected chi connectivity index (χ2v) is 3.70. The first kappa shape index (κ1) is 11.6. The van der Waals surface area contributed by atoms with Crippen LogP contribution in [0.2, 0.25) is 0 Å². The molecule has 0 saturated carbocycles. The van der Waals surface area contributed by atoms with E-state index in [1.807, 2.05) is 20.8 Å². The second-order valence-electron chi connectivity index (χ2n) is 3.70. The first-order valence-corrected chi connectivity index (χ1v) is 5.11. The first-order chi connectivity index (χ1) is 7.06. The summed E-state index contributed by atoms with van der Waals surface area (Å²) in [6.07, 6.45) is 1.68. The number of carbonyl (C=O) groups excluding carboxylic acids is 1. The van der Waals surface area contributed by atoms with E-state index in [9.17, 15) is 4.79 Å². The van der Waals surface area contributed by atoms with Gasteiger partial charge in [0.05, 0.1) is 6.20 Å². The largest absolute Gasteiger partial charge is 0.328 e. The van der Waals surface area contributed by atoms with Gasteiger partial charge in [-0.15, -0.1) is 0 Å². The zero-order chi connectivity index (χ0) is 11.4. The number of urea groups is 1. The molecule has 15 heavy (non-hydrogen) atoms. The van der Waals surface area contributed by atoms with Gasteiger partial charge in [-0.05, 0) is 20.8 Å². The lowest BCUT2D eigenvalue weighted by Crippen LogP contribution is -2.31. The standard InChI is InChI=1S/C10H18N4O/c1-5-13(4)10(15)12-9-6-7-11-14(9)8(2)3/h6-8H,5H2,1-4H3,(H,12,15). The fourth-order valence-electron chi connectivity index (χ4n) is 1.17. The first-order valence-electron chi connectivity index (χ1n) is 5.11. The van der Waals surface area contributed by atoms with Crippen molar-refractivity contribution in [3.8, 4) is 0 Å². The lowest BCUT2D eigenvalue weighted by Gasteiger charge is -2.17. The van der Waals surface area contributed by atoms with E-state index in [0.29, 0.717) is 6.54 Å². The highest BCUT2D eigenvalue weighted by molar-refractivity contribution is 5.88. The van der Waals surface area contributed by atoms with Crippen molar-refractivity contribution in [2.45, 2.75) is 26.8 Å². The molecule has 1 heterocycles. The van der Waals surface area contributed by atoms with Crippen LogP contribution in [0.4, 0.5) is 10.6 Å². The van der Waals surface area contributed by atoms with E-state index in [2.05, 4.69) is 10.4 Å².